The Kier molecular flexibility index (Phi) is 11.1. The maximum Gasteiger partial charge on any atom is 0.411 e. The van der Waals surface area contributed by atoms with Crippen LogP contribution in [0.2, 0.25) is 0 Å². The molecule has 0 aliphatic heterocycles. The van der Waals surface area contributed by atoms with Crippen LogP contribution in [0.1, 0.15) is 11.1 Å². The number of carbonyl (C=O) groups excluding carboxylic acids is 1. The molecule has 31 heavy (non-hydrogen) atoms. The van der Waals surface area contributed by atoms with Crippen molar-refractivity contribution in [3.8, 4) is 0 Å². The van der Waals surface area contributed by atoms with Crippen LogP contribution in [0.25, 0.3) is 0 Å². The van der Waals surface area contributed by atoms with E-state index in [0.29, 0.717) is 18.9 Å². The predicted molar refractivity (Wildman–Crippen MR) is 118 cm³/mol. The first-order valence-electron chi connectivity index (χ1n) is 9.76. The molecular weight excluding hydrogens is 400 g/mol. The van der Waals surface area contributed by atoms with Gasteiger partial charge in [0, 0.05) is 11.4 Å². The second-order valence-electron chi connectivity index (χ2n) is 6.17. The first-order valence-corrected chi connectivity index (χ1v) is 9.76. The third-order valence-corrected chi connectivity index (χ3v) is 3.94. The van der Waals surface area contributed by atoms with Gasteiger partial charge >= 0.3 is 6.09 Å². The number of hydrogen-bond donors (Lipinski definition) is 2. The van der Waals surface area contributed by atoms with E-state index in [-0.39, 0.29) is 19.9 Å². The monoisotopic (exact) mass is 428 g/mol. The molecule has 2 aromatic carbocycles. The van der Waals surface area contributed by atoms with Gasteiger partial charge in [-0.25, -0.2) is 14.6 Å². The number of nitrogens with one attached hydrogen (secondary N) is 2. The molecular formula is C23H28N2O6. The van der Waals surface area contributed by atoms with E-state index in [1.165, 1.54) is 12.5 Å². The highest BCUT2D eigenvalue weighted by atomic mass is 17.2. The molecule has 166 valence electrons. The van der Waals surface area contributed by atoms with Gasteiger partial charge in [-0.3, -0.25) is 5.32 Å². The van der Waals surface area contributed by atoms with E-state index < -0.39 is 6.09 Å². The summed E-state index contributed by atoms with van der Waals surface area (Å²) in [7, 11) is 0. The largest absolute Gasteiger partial charge is 0.499 e. The molecule has 0 saturated heterocycles. The van der Waals surface area contributed by atoms with Crippen molar-refractivity contribution in [2.75, 3.05) is 43.8 Å². The van der Waals surface area contributed by atoms with E-state index in [9.17, 15) is 4.79 Å². The Morgan fingerprint density at radius 2 is 1.35 bits per heavy atom. The molecule has 0 saturated carbocycles. The van der Waals surface area contributed by atoms with Crippen molar-refractivity contribution in [3.63, 3.8) is 0 Å². The van der Waals surface area contributed by atoms with E-state index in [2.05, 4.69) is 23.8 Å². The molecule has 0 bridgehead atoms. The van der Waals surface area contributed by atoms with Gasteiger partial charge in [0.2, 0.25) is 0 Å². The van der Waals surface area contributed by atoms with Gasteiger partial charge in [-0.05, 0) is 41.8 Å². The van der Waals surface area contributed by atoms with Crippen LogP contribution in [-0.2, 0) is 30.4 Å². The van der Waals surface area contributed by atoms with Gasteiger partial charge in [-0.2, -0.15) is 0 Å². The summed E-state index contributed by atoms with van der Waals surface area (Å²) in [5, 5.41) is 5.77. The van der Waals surface area contributed by atoms with Gasteiger partial charge in [0.1, 0.15) is 26.4 Å². The second kappa shape index (κ2) is 14.5. The number of benzene rings is 2. The Balaban J connectivity index is 1.69. The Morgan fingerprint density at radius 3 is 1.97 bits per heavy atom. The molecule has 0 heterocycles. The number of amides is 1. The van der Waals surface area contributed by atoms with Crippen LogP contribution in [-0.4, -0.2) is 39.3 Å². The Labute approximate surface area is 182 Å². The standard InChI is InChI=1S/C23H28N2O6/c1-3-27-13-15-29-23(26)25-22-11-7-20(8-12-22)17-19-5-9-21(10-6-19)24-18-31-30-16-14-28-4-2/h3-12,24H,1-2,13-18H2,(H,25,26). The summed E-state index contributed by atoms with van der Waals surface area (Å²) < 4.78 is 14.8. The average molecular weight is 428 g/mol. The Hall–Kier alpha value is -3.49. The lowest BCUT2D eigenvalue weighted by Gasteiger charge is -2.09. The van der Waals surface area contributed by atoms with Crippen LogP contribution in [0.3, 0.4) is 0 Å². The molecule has 8 nitrogen and oxygen atoms in total. The molecule has 2 N–H and O–H groups in total. The van der Waals surface area contributed by atoms with Crippen LogP contribution in [0.4, 0.5) is 16.2 Å². The SMILES string of the molecule is C=COCCOOCNc1ccc(Cc2ccc(NC(=O)OCCOC=C)cc2)cc1. The number of hydrogen-bond acceptors (Lipinski definition) is 7. The summed E-state index contributed by atoms with van der Waals surface area (Å²) in [6, 6.07) is 15.6. The fourth-order valence-electron chi connectivity index (χ4n) is 2.48. The molecule has 0 fully saturated rings. The molecule has 0 unspecified atom stereocenters. The highest BCUT2D eigenvalue weighted by Crippen LogP contribution is 2.16. The highest BCUT2D eigenvalue weighted by Gasteiger charge is 2.04. The lowest BCUT2D eigenvalue weighted by Crippen LogP contribution is -2.16. The normalized spacial score (nSPS) is 10.1. The number of anilines is 2. The zero-order valence-electron chi connectivity index (χ0n) is 17.4. The van der Waals surface area contributed by atoms with E-state index in [0.717, 1.165) is 23.2 Å². The minimum atomic E-state index is -0.525. The molecule has 0 aliphatic rings. The van der Waals surface area contributed by atoms with Gasteiger partial charge in [0.05, 0.1) is 12.5 Å². The van der Waals surface area contributed by atoms with Crippen LogP contribution in [0, 0.1) is 0 Å². The van der Waals surface area contributed by atoms with E-state index in [1.807, 2.05) is 48.5 Å². The lowest BCUT2D eigenvalue weighted by atomic mass is 10.0. The van der Waals surface area contributed by atoms with Gasteiger partial charge in [0.25, 0.3) is 0 Å². The van der Waals surface area contributed by atoms with Crippen molar-refractivity contribution in [2.24, 2.45) is 0 Å². The molecule has 2 aromatic rings. The van der Waals surface area contributed by atoms with Crippen molar-refractivity contribution in [3.05, 3.63) is 85.3 Å². The third-order valence-electron chi connectivity index (χ3n) is 3.94. The van der Waals surface area contributed by atoms with Crippen LogP contribution >= 0.6 is 0 Å². The summed E-state index contributed by atoms with van der Waals surface area (Å²) in [4.78, 5) is 21.6. The zero-order chi connectivity index (χ0) is 22.2. The quantitative estimate of drug-likeness (QED) is 0.142. The van der Waals surface area contributed by atoms with Gasteiger partial charge < -0.3 is 19.5 Å². The first kappa shape index (κ1) is 23.8. The lowest BCUT2D eigenvalue weighted by molar-refractivity contribution is -0.292. The van der Waals surface area contributed by atoms with Gasteiger partial charge in [0.15, 0.2) is 6.73 Å². The summed E-state index contributed by atoms with van der Waals surface area (Å²) in [6.45, 7) is 8.23. The van der Waals surface area contributed by atoms with E-state index >= 15 is 0 Å². The summed E-state index contributed by atoms with van der Waals surface area (Å²) in [5.74, 6) is 0. The highest BCUT2D eigenvalue weighted by molar-refractivity contribution is 5.84. The molecule has 0 atom stereocenters. The molecule has 0 radical (unpaired) electrons. The average Bonchev–Trinajstić information content (AvgIpc) is 2.78. The molecule has 2 rings (SSSR count). The molecule has 0 spiro atoms. The van der Waals surface area contributed by atoms with Crippen molar-refractivity contribution in [1.29, 1.82) is 0 Å². The van der Waals surface area contributed by atoms with Gasteiger partial charge in [-0.1, -0.05) is 37.4 Å². The fourth-order valence-corrected chi connectivity index (χ4v) is 2.48. The molecule has 0 aliphatic carbocycles. The topological polar surface area (TPSA) is 87.3 Å². The third kappa shape index (κ3) is 10.2. The number of rotatable bonds is 15. The summed E-state index contributed by atoms with van der Waals surface area (Å²) in [5.41, 5.74) is 3.87. The Morgan fingerprint density at radius 1 is 0.774 bits per heavy atom. The smallest absolute Gasteiger partial charge is 0.411 e. The number of ether oxygens (including phenoxy) is 3. The molecule has 0 aromatic heterocycles. The minimum absolute atomic E-state index is 0.157. The van der Waals surface area contributed by atoms with E-state index in [4.69, 9.17) is 24.0 Å². The van der Waals surface area contributed by atoms with Crippen molar-refractivity contribution >= 4 is 17.5 Å². The van der Waals surface area contributed by atoms with Crippen molar-refractivity contribution < 1.29 is 28.8 Å². The molecule has 8 heteroatoms. The fraction of sp³-hybridized carbons (Fsp3) is 0.261. The maximum atomic E-state index is 11.7. The predicted octanol–water partition coefficient (Wildman–Crippen LogP) is 4.46. The van der Waals surface area contributed by atoms with Crippen LogP contribution in [0.5, 0.6) is 0 Å². The Bertz CT molecular complexity index is 793. The van der Waals surface area contributed by atoms with Crippen molar-refractivity contribution in [1.82, 2.24) is 0 Å². The first-order chi connectivity index (χ1) is 15.2. The number of carbonyl (C=O) groups is 1. The van der Waals surface area contributed by atoms with Gasteiger partial charge in [-0.15, -0.1) is 0 Å². The summed E-state index contributed by atoms with van der Waals surface area (Å²) in [6.07, 6.45) is 2.90. The summed E-state index contributed by atoms with van der Waals surface area (Å²) >= 11 is 0. The van der Waals surface area contributed by atoms with Crippen LogP contribution < -0.4 is 10.6 Å². The maximum absolute atomic E-state index is 11.7. The van der Waals surface area contributed by atoms with Crippen molar-refractivity contribution in [2.45, 2.75) is 6.42 Å². The second-order valence-corrected chi connectivity index (χ2v) is 6.17. The molecule has 1 amide bonds. The van der Waals surface area contributed by atoms with Crippen LogP contribution in [0.15, 0.2) is 74.2 Å². The zero-order valence-corrected chi connectivity index (χ0v) is 17.4. The minimum Gasteiger partial charge on any atom is -0.499 e. The van der Waals surface area contributed by atoms with E-state index in [1.54, 1.807) is 0 Å².